The molecule has 7 nitrogen and oxygen atoms in total. The first kappa shape index (κ1) is 22.2. The third-order valence-corrected chi connectivity index (χ3v) is 7.97. The fraction of sp³-hybridized carbons (Fsp3) is 0.667. The third-order valence-electron chi connectivity index (χ3n) is 6.03. The van der Waals surface area contributed by atoms with Gasteiger partial charge in [0, 0.05) is 59.3 Å². The van der Waals surface area contributed by atoms with Crippen LogP contribution in [0.5, 0.6) is 0 Å². The van der Waals surface area contributed by atoms with Crippen molar-refractivity contribution in [2.24, 2.45) is 5.92 Å². The van der Waals surface area contributed by atoms with Gasteiger partial charge in [-0.25, -0.2) is 0 Å². The van der Waals surface area contributed by atoms with E-state index in [0.717, 1.165) is 45.3 Å². The molecular weight excluding hydrogens is 388 g/mol. The zero-order chi connectivity index (χ0) is 20.9. The van der Waals surface area contributed by atoms with E-state index in [1.807, 2.05) is 6.07 Å². The molecule has 2 heterocycles. The molecule has 0 bridgehead atoms. The number of likely N-dealkylation sites (tertiary alicyclic amines) is 1. The van der Waals surface area contributed by atoms with E-state index >= 15 is 0 Å². The van der Waals surface area contributed by atoms with Gasteiger partial charge in [0.1, 0.15) is 0 Å². The summed E-state index contributed by atoms with van der Waals surface area (Å²) >= 11 is 0. The van der Waals surface area contributed by atoms with Crippen LogP contribution in [0.1, 0.15) is 37.7 Å². The largest absolute Gasteiger partial charge is 0.352 e. The van der Waals surface area contributed by atoms with E-state index in [1.165, 1.54) is 9.87 Å². The predicted molar refractivity (Wildman–Crippen MR) is 114 cm³/mol. The quantitative estimate of drug-likeness (QED) is 0.692. The van der Waals surface area contributed by atoms with Gasteiger partial charge in [-0.05, 0) is 37.2 Å². The summed E-state index contributed by atoms with van der Waals surface area (Å²) in [5.74, 6) is 0.549. The maximum Gasteiger partial charge on any atom is 0.281 e. The lowest BCUT2D eigenvalue weighted by Gasteiger charge is -2.32. The van der Waals surface area contributed by atoms with Crippen LogP contribution in [0.15, 0.2) is 30.3 Å². The first-order valence-electron chi connectivity index (χ1n) is 10.6. The Kier molecular flexibility index (Phi) is 7.67. The number of nitrogens with one attached hydrogen (secondary N) is 1. The number of rotatable bonds is 8. The van der Waals surface area contributed by atoms with E-state index in [1.54, 1.807) is 18.4 Å². The number of amides is 1. The molecule has 0 aliphatic carbocycles. The summed E-state index contributed by atoms with van der Waals surface area (Å²) < 4.78 is 27.2. The first-order chi connectivity index (χ1) is 13.8. The fourth-order valence-corrected chi connectivity index (χ4v) is 5.36. The Labute approximate surface area is 175 Å². The lowest BCUT2D eigenvalue weighted by atomic mass is 9.93. The van der Waals surface area contributed by atoms with Crippen LogP contribution in [-0.4, -0.2) is 74.2 Å². The molecule has 29 heavy (non-hydrogen) atoms. The molecule has 2 saturated heterocycles. The summed E-state index contributed by atoms with van der Waals surface area (Å²) in [7, 11) is -0.185. The maximum atomic E-state index is 12.4. The molecule has 0 radical (unpaired) electrons. The maximum absolute atomic E-state index is 12.4. The van der Waals surface area contributed by atoms with E-state index in [-0.39, 0.29) is 11.9 Å². The second kappa shape index (κ2) is 10.0. The van der Waals surface area contributed by atoms with Crippen LogP contribution in [0.25, 0.3) is 0 Å². The molecule has 2 aliphatic rings. The van der Waals surface area contributed by atoms with Crippen LogP contribution >= 0.6 is 0 Å². The second-order valence-electron chi connectivity index (χ2n) is 8.45. The molecule has 1 amide bonds. The van der Waals surface area contributed by atoms with Gasteiger partial charge in [-0.2, -0.15) is 17.0 Å². The van der Waals surface area contributed by atoms with E-state index in [9.17, 15) is 13.2 Å². The van der Waals surface area contributed by atoms with Crippen molar-refractivity contribution in [3.63, 3.8) is 0 Å². The number of hydrogen-bond donors (Lipinski definition) is 1. The molecule has 1 N–H and O–H groups in total. The van der Waals surface area contributed by atoms with E-state index in [2.05, 4.69) is 34.5 Å². The summed E-state index contributed by atoms with van der Waals surface area (Å²) in [6.45, 7) is 3.94. The lowest BCUT2D eigenvalue weighted by Crippen LogP contribution is -2.44. The molecule has 1 aromatic carbocycles. The molecule has 1 atom stereocenters. The van der Waals surface area contributed by atoms with E-state index < -0.39 is 10.2 Å². The number of carbonyl (C=O) groups excluding carboxylic acids is 1. The highest BCUT2D eigenvalue weighted by Gasteiger charge is 2.30. The molecule has 2 aliphatic heterocycles. The Bertz CT molecular complexity index is 761. The molecular formula is C21H34N4O3S. The number of hydrogen-bond acceptors (Lipinski definition) is 4. The molecule has 0 unspecified atom stereocenters. The molecule has 1 aromatic rings. The monoisotopic (exact) mass is 422 g/mol. The van der Waals surface area contributed by atoms with Gasteiger partial charge >= 0.3 is 0 Å². The number of piperidine rings is 1. The van der Waals surface area contributed by atoms with Crippen molar-refractivity contribution in [2.75, 3.05) is 40.3 Å². The Morgan fingerprint density at radius 3 is 2.45 bits per heavy atom. The highest BCUT2D eigenvalue weighted by Crippen LogP contribution is 2.24. The molecule has 3 rings (SSSR count). The summed E-state index contributed by atoms with van der Waals surface area (Å²) in [6, 6.07) is 10.7. The van der Waals surface area contributed by atoms with E-state index in [4.69, 9.17) is 0 Å². The number of benzene rings is 1. The highest BCUT2D eigenvalue weighted by molar-refractivity contribution is 7.86. The molecule has 0 aromatic heterocycles. The Morgan fingerprint density at radius 1 is 1.10 bits per heavy atom. The van der Waals surface area contributed by atoms with Crippen LogP contribution in [0.3, 0.4) is 0 Å². The molecule has 0 saturated carbocycles. The molecule has 8 heteroatoms. The zero-order valence-corrected chi connectivity index (χ0v) is 18.4. The van der Waals surface area contributed by atoms with Crippen molar-refractivity contribution in [3.05, 3.63) is 35.9 Å². The van der Waals surface area contributed by atoms with Crippen molar-refractivity contribution in [1.82, 2.24) is 18.8 Å². The van der Waals surface area contributed by atoms with Crippen LogP contribution in [-0.2, 0) is 21.5 Å². The Balaban J connectivity index is 1.34. The minimum atomic E-state index is -3.32. The summed E-state index contributed by atoms with van der Waals surface area (Å²) in [5, 5.41) is 3.19. The zero-order valence-electron chi connectivity index (χ0n) is 17.6. The average Bonchev–Trinajstić information content (AvgIpc) is 3.14. The van der Waals surface area contributed by atoms with Crippen molar-refractivity contribution in [3.8, 4) is 0 Å². The summed E-state index contributed by atoms with van der Waals surface area (Å²) in [5.41, 5.74) is 1.31. The minimum Gasteiger partial charge on any atom is -0.352 e. The van der Waals surface area contributed by atoms with Gasteiger partial charge < -0.3 is 5.32 Å². The third kappa shape index (κ3) is 6.25. The van der Waals surface area contributed by atoms with Crippen molar-refractivity contribution >= 4 is 16.1 Å². The summed E-state index contributed by atoms with van der Waals surface area (Å²) in [4.78, 5) is 14.8. The molecule has 0 spiro atoms. The average molecular weight is 423 g/mol. The van der Waals surface area contributed by atoms with Crippen LogP contribution < -0.4 is 5.32 Å². The highest BCUT2D eigenvalue weighted by atomic mass is 32.2. The van der Waals surface area contributed by atoms with Crippen molar-refractivity contribution < 1.29 is 13.2 Å². The van der Waals surface area contributed by atoms with Crippen molar-refractivity contribution in [1.29, 1.82) is 0 Å². The fourth-order valence-electron chi connectivity index (χ4n) is 4.23. The SMILES string of the molecule is CN(C)S(=O)(=O)N1CCC(CCC(=O)N[C@@H]2CCN(Cc3ccccc3)C2)CC1. The summed E-state index contributed by atoms with van der Waals surface area (Å²) in [6.07, 6.45) is 4.02. The molecule has 162 valence electrons. The minimum absolute atomic E-state index is 0.125. The first-order valence-corrected chi connectivity index (χ1v) is 12.0. The number of carbonyl (C=O) groups is 1. The predicted octanol–water partition coefficient (Wildman–Crippen LogP) is 1.68. The second-order valence-corrected chi connectivity index (χ2v) is 10.6. The topological polar surface area (TPSA) is 73.0 Å². The van der Waals surface area contributed by atoms with Crippen LogP contribution in [0.2, 0.25) is 0 Å². The lowest BCUT2D eigenvalue weighted by molar-refractivity contribution is -0.122. The number of nitrogens with zero attached hydrogens (tertiary/aromatic N) is 3. The molecule has 2 fully saturated rings. The normalized spacial score (nSPS) is 22.2. The van der Waals surface area contributed by atoms with Gasteiger partial charge in [0.2, 0.25) is 5.91 Å². The smallest absolute Gasteiger partial charge is 0.281 e. The van der Waals surface area contributed by atoms with Gasteiger partial charge in [-0.1, -0.05) is 30.3 Å². The van der Waals surface area contributed by atoms with Gasteiger partial charge in [-0.15, -0.1) is 0 Å². The van der Waals surface area contributed by atoms with E-state index in [0.29, 0.717) is 25.4 Å². The standard InChI is InChI=1S/C21H34N4O3S/c1-23(2)29(27,28)25-14-10-18(11-15-25)8-9-21(26)22-20-12-13-24(17-20)16-19-6-4-3-5-7-19/h3-7,18,20H,8-17H2,1-2H3,(H,22,26)/t20-/m1/s1. The van der Waals surface area contributed by atoms with Crippen LogP contribution in [0, 0.1) is 5.92 Å². The van der Waals surface area contributed by atoms with Gasteiger partial charge in [0.25, 0.3) is 10.2 Å². The Morgan fingerprint density at radius 2 is 1.79 bits per heavy atom. The van der Waals surface area contributed by atoms with Gasteiger partial charge in [0.05, 0.1) is 0 Å². The van der Waals surface area contributed by atoms with Crippen LogP contribution in [0.4, 0.5) is 0 Å². The Hall–Kier alpha value is -1.48. The van der Waals surface area contributed by atoms with Gasteiger partial charge in [-0.3, -0.25) is 9.69 Å². The van der Waals surface area contributed by atoms with Crippen molar-refractivity contribution in [2.45, 2.75) is 44.7 Å². The van der Waals surface area contributed by atoms with Gasteiger partial charge in [0.15, 0.2) is 0 Å².